The third-order valence-corrected chi connectivity index (χ3v) is 5.76. The monoisotopic (exact) mass is 423 g/mol. The summed E-state index contributed by atoms with van der Waals surface area (Å²) in [6.07, 6.45) is 0. The summed E-state index contributed by atoms with van der Waals surface area (Å²) in [5.41, 5.74) is 1.86. The van der Waals surface area contributed by atoms with Gasteiger partial charge >= 0.3 is 0 Å². The van der Waals surface area contributed by atoms with Gasteiger partial charge in [0, 0.05) is 40.6 Å². The predicted octanol–water partition coefficient (Wildman–Crippen LogP) is 5.40. The molecule has 0 aliphatic carbocycles. The Morgan fingerprint density at radius 3 is 2.46 bits per heavy atom. The Labute approximate surface area is 170 Å². The number of carbonyl (C=O) groups excluding carboxylic acids is 1. The van der Waals surface area contributed by atoms with Crippen molar-refractivity contribution in [2.75, 3.05) is 24.3 Å². The molecule has 0 bridgehead atoms. The molecule has 0 saturated carbocycles. The number of rotatable bonds is 3. The quantitative estimate of drug-likeness (QED) is 0.553. The Hall–Kier alpha value is -1.86. The zero-order chi connectivity index (χ0) is 18.8. The third-order valence-electron chi connectivity index (χ3n) is 3.67. The number of carbonyl (C=O) groups is 1. The average Bonchev–Trinajstić information content (AvgIpc) is 2.91. The lowest BCUT2D eigenvalue weighted by Crippen LogP contribution is -2.33. The third kappa shape index (κ3) is 4.10. The minimum absolute atomic E-state index is 0.208. The van der Waals surface area contributed by atoms with Crippen LogP contribution in [-0.4, -0.2) is 25.1 Å². The second kappa shape index (κ2) is 7.80. The van der Waals surface area contributed by atoms with E-state index in [4.69, 9.17) is 35.4 Å². The van der Waals surface area contributed by atoms with Gasteiger partial charge in [-0.1, -0.05) is 29.3 Å². The number of hydrogen-bond acceptors (Lipinski definition) is 4. The fourth-order valence-electron chi connectivity index (χ4n) is 2.35. The van der Waals surface area contributed by atoms with Gasteiger partial charge in [0.1, 0.15) is 4.88 Å². The Kier molecular flexibility index (Phi) is 5.67. The Bertz CT molecular complexity index is 984. The van der Waals surface area contributed by atoms with E-state index in [1.54, 1.807) is 18.2 Å². The average molecular weight is 424 g/mol. The highest BCUT2D eigenvalue weighted by Gasteiger charge is 2.18. The molecule has 0 radical (unpaired) electrons. The zero-order valence-corrected chi connectivity index (χ0v) is 17.1. The van der Waals surface area contributed by atoms with Crippen molar-refractivity contribution < 1.29 is 4.79 Å². The molecule has 0 spiro atoms. The zero-order valence-electron chi connectivity index (χ0n) is 14.0. The number of hydrogen-bond donors (Lipinski definition) is 2. The number of nitrogens with one attached hydrogen (secondary N) is 2. The first-order valence-corrected chi connectivity index (χ1v) is 9.60. The minimum atomic E-state index is -0.352. The van der Waals surface area contributed by atoms with Gasteiger partial charge in [-0.25, -0.2) is 0 Å². The van der Waals surface area contributed by atoms with Crippen molar-refractivity contribution >= 4 is 79.2 Å². The summed E-state index contributed by atoms with van der Waals surface area (Å²) < 4.78 is 0.853. The van der Waals surface area contributed by atoms with Crippen LogP contribution in [0.5, 0.6) is 0 Å². The number of thiocarbonyl (C=S) groups is 1. The molecule has 134 valence electrons. The molecule has 1 aromatic heterocycles. The van der Waals surface area contributed by atoms with Crippen LogP contribution in [-0.2, 0) is 0 Å². The van der Waals surface area contributed by atoms with Crippen LogP contribution in [0.15, 0.2) is 42.5 Å². The molecule has 26 heavy (non-hydrogen) atoms. The Morgan fingerprint density at radius 1 is 1.12 bits per heavy atom. The van der Waals surface area contributed by atoms with E-state index < -0.39 is 0 Å². The summed E-state index contributed by atoms with van der Waals surface area (Å²) >= 11 is 18.8. The topological polar surface area (TPSA) is 44.4 Å². The first-order valence-electron chi connectivity index (χ1n) is 7.62. The van der Waals surface area contributed by atoms with Gasteiger partial charge in [-0.05, 0) is 48.6 Å². The van der Waals surface area contributed by atoms with Gasteiger partial charge in [-0.15, -0.1) is 11.3 Å². The summed E-state index contributed by atoms with van der Waals surface area (Å²) in [6.45, 7) is 0. The van der Waals surface area contributed by atoms with Gasteiger partial charge in [0.2, 0.25) is 0 Å². The van der Waals surface area contributed by atoms with E-state index in [9.17, 15) is 4.79 Å². The van der Waals surface area contributed by atoms with Crippen LogP contribution < -0.4 is 15.5 Å². The van der Waals surface area contributed by atoms with Crippen molar-refractivity contribution in [2.24, 2.45) is 0 Å². The van der Waals surface area contributed by atoms with Crippen molar-refractivity contribution in [3.63, 3.8) is 0 Å². The fourth-order valence-corrected chi connectivity index (χ4v) is 4.25. The maximum absolute atomic E-state index is 12.5. The number of nitrogens with zero attached hydrogens (tertiary/aromatic N) is 1. The van der Waals surface area contributed by atoms with Gasteiger partial charge in [-0.2, -0.15) is 0 Å². The van der Waals surface area contributed by atoms with Gasteiger partial charge < -0.3 is 10.2 Å². The first kappa shape index (κ1) is 18.9. The van der Waals surface area contributed by atoms with E-state index >= 15 is 0 Å². The number of fused-ring (bicyclic) bond motifs is 1. The van der Waals surface area contributed by atoms with E-state index in [0.717, 1.165) is 21.5 Å². The van der Waals surface area contributed by atoms with Crippen LogP contribution in [0, 0.1) is 0 Å². The molecular weight excluding hydrogens is 409 g/mol. The molecule has 0 fully saturated rings. The van der Waals surface area contributed by atoms with E-state index in [2.05, 4.69) is 10.6 Å². The minimum Gasteiger partial charge on any atom is -0.378 e. The summed E-state index contributed by atoms with van der Waals surface area (Å²) in [4.78, 5) is 14.9. The highest BCUT2D eigenvalue weighted by atomic mass is 35.5. The summed E-state index contributed by atoms with van der Waals surface area (Å²) in [6, 6.07) is 13.0. The number of thiophene rings is 1. The molecule has 3 rings (SSSR count). The molecule has 1 amide bonds. The second-order valence-corrected chi connectivity index (χ2v) is 8.01. The van der Waals surface area contributed by atoms with Crippen LogP contribution in [0.3, 0.4) is 0 Å². The van der Waals surface area contributed by atoms with E-state index in [1.807, 2.05) is 43.3 Å². The van der Waals surface area contributed by atoms with E-state index in [-0.39, 0.29) is 11.0 Å². The second-order valence-electron chi connectivity index (χ2n) is 5.74. The molecule has 8 heteroatoms. The van der Waals surface area contributed by atoms with Crippen molar-refractivity contribution in [2.45, 2.75) is 0 Å². The normalized spacial score (nSPS) is 10.6. The van der Waals surface area contributed by atoms with E-state index in [1.165, 1.54) is 11.3 Å². The summed E-state index contributed by atoms with van der Waals surface area (Å²) in [5, 5.41) is 7.66. The van der Waals surface area contributed by atoms with Crippen molar-refractivity contribution in [3.8, 4) is 0 Å². The molecule has 0 aliphatic heterocycles. The summed E-state index contributed by atoms with van der Waals surface area (Å²) in [7, 11) is 3.93. The van der Waals surface area contributed by atoms with Crippen LogP contribution in [0.4, 0.5) is 11.4 Å². The molecule has 3 aromatic rings. The van der Waals surface area contributed by atoms with Crippen LogP contribution in [0.25, 0.3) is 10.1 Å². The smallest absolute Gasteiger partial charge is 0.269 e. The van der Waals surface area contributed by atoms with Crippen molar-refractivity contribution in [1.82, 2.24) is 5.32 Å². The highest BCUT2D eigenvalue weighted by Crippen LogP contribution is 2.36. The molecule has 0 unspecified atom stereocenters. The van der Waals surface area contributed by atoms with Crippen molar-refractivity contribution in [3.05, 3.63) is 57.4 Å². The summed E-state index contributed by atoms with van der Waals surface area (Å²) in [5.74, 6) is -0.352. The first-order chi connectivity index (χ1) is 12.3. The van der Waals surface area contributed by atoms with Crippen molar-refractivity contribution in [1.29, 1.82) is 0 Å². The molecule has 1 heterocycles. The lowest BCUT2D eigenvalue weighted by molar-refractivity contribution is 0.0982. The number of halogens is 2. The maximum Gasteiger partial charge on any atom is 0.269 e. The molecule has 0 aliphatic rings. The number of amides is 1. The maximum atomic E-state index is 12.5. The predicted molar refractivity (Wildman–Crippen MR) is 116 cm³/mol. The molecule has 4 nitrogen and oxygen atoms in total. The van der Waals surface area contributed by atoms with Crippen LogP contribution in [0.1, 0.15) is 9.67 Å². The number of anilines is 2. The van der Waals surface area contributed by atoms with Crippen LogP contribution in [0.2, 0.25) is 10.0 Å². The molecule has 2 N–H and O–H groups in total. The highest BCUT2D eigenvalue weighted by molar-refractivity contribution is 7.80. The SMILES string of the molecule is CN(C)c1ccc(NC(=S)NC(=O)c2sc3cc(Cl)ccc3c2Cl)cc1. The van der Waals surface area contributed by atoms with Gasteiger partial charge in [0.05, 0.1) is 5.02 Å². The molecule has 0 atom stereocenters. The molecule has 0 saturated heterocycles. The van der Waals surface area contributed by atoms with Gasteiger partial charge in [0.25, 0.3) is 5.91 Å². The van der Waals surface area contributed by atoms with Crippen LogP contribution >= 0.6 is 46.8 Å². The Balaban J connectivity index is 1.71. The standard InChI is InChI=1S/C18H15Cl2N3OS2/c1-23(2)12-6-4-11(5-7-12)21-18(25)22-17(24)16-15(20)13-8-3-10(19)9-14(13)26-16/h3-9H,1-2H3,(H2,21,22,24,25). The van der Waals surface area contributed by atoms with Gasteiger partial charge in [-0.3, -0.25) is 10.1 Å². The fraction of sp³-hybridized carbons (Fsp3) is 0.111. The lowest BCUT2D eigenvalue weighted by Gasteiger charge is -2.14. The largest absolute Gasteiger partial charge is 0.378 e. The Morgan fingerprint density at radius 2 is 1.81 bits per heavy atom. The number of benzene rings is 2. The van der Waals surface area contributed by atoms with Gasteiger partial charge in [0.15, 0.2) is 5.11 Å². The molecular formula is C18H15Cl2N3OS2. The van der Waals surface area contributed by atoms with E-state index in [0.29, 0.717) is 14.9 Å². The lowest BCUT2D eigenvalue weighted by atomic mass is 10.2. The molecule has 2 aromatic carbocycles.